The number of pyridine rings is 1. The van der Waals surface area contributed by atoms with E-state index >= 15 is 0 Å². The minimum absolute atomic E-state index is 0.0671. The molecule has 0 bridgehead atoms. The molecule has 0 spiro atoms. The second kappa shape index (κ2) is 5.96. The van der Waals surface area contributed by atoms with Crippen molar-refractivity contribution >= 4 is 39.3 Å². The molecule has 0 unspecified atom stereocenters. The number of H-pyrrole nitrogens is 1. The average Bonchev–Trinajstić information content (AvgIpc) is 3.00. The first-order valence-corrected chi connectivity index (χ1v) is 7.85. The summed E-state index contributed by atoms with van der Waals surface area (Å²) in [7, 11) is 1.59. The number of fused-ring (bicyclic) bond motifs is 3. The van der Waals surface area contributed by atoms with Crippen LogP contribution in [0.15, 0.2) is 48.5 Å². The fourth-order valence-corrected chi connectivity index (χ4v) is 2.90. The number of rotatable bonds is 4. The molecule has 0 radical (unpaired) electrons. The number of carbonyl (C=O) groups is 1. The van der Waals surface area contributed by atoms with E-state index in [-0.39, 0.29) is 11.4 Å². The largest absolute Gasteiger partial charge is 0.508 e. The summed E-state index contributed by atoms with van der Waals surface area (Å²) in [4.78, 5) is 18.9. The van der Waals surface area contributed by atoms with Gasteiger partial charge in [0.2, 0.25) is 0 Å². The Balaban J connectivity index is 1.90. The Hall–Kier alpha value is -3.74. The van der Waals surface area contributed by atoms with Gasteiger partial charge in [-0.1, -0.05) is 0 Å². The molecule has 7 nitrogen and oxygen atoms in total. The number of phenols is 1. The van der Waals surface area contributed by atoms with Gasteiger partial charge in [0.25, 0.3) is 0 Å². The van der Waals surface area contributed by atoms with Crippen molar-refractivity contribution in [1.82, 2.24) is 9.97 Å². The fourth-order valence-electron chi connectivity index (χ4n) is 2.90. The normalized spacial score (nSPS) is 11.0. The molecule has 4 N–H and O–H groups in total. The lowest BCUT2D eigenvalue weighted by Crippen LogP contribution is -2.03. The van der Waals surface area contributed by atoms with Crippen LogP contribution in [0, 0.1) is 0 Å². The molecule has 4 rings (SSSR count). The predicted molar refractivity (Wildman–Crippen MR) is 98.5 cm³/mol. The summed E-state index contributed by atoms with van der Waals surface area (Å²) < 4.78 is 5.14. The van der Waals surface area contributed by atoms with Gasteiger partial charge in [-0.2, -0.15) is 0 Å². The van der Waals surface area contributed by atoms with Gasteiger partial charge < -0.3 is 25.3 Å². The van der Waals surface area contributed by atoms with E-state index in [2.05, 4.69) is 15.3 Å². The summed E-state index contributed by atoms with van der Waals surface area (Å²) in [6.07, 6.45) is 0. The first-order valence-electron chi connectivity index (χ1n) is 7.85. The summed E-state index contributed by atoms with van der Waals surface area (Å²) in [5, 5.41) is 23.8. The maximum atomic E-state index is 11.5. The highest BCUT2D eigenvalue weighted by Crippen LogP contribution is 2.33. The van der Waals surface area contributed by atoms with E-state index in [1.54, 1.807) is 37.4 Å². The maximum absolute atomic E-state index is 11.5. The lowest BCUT2D eigenvalue weighted by Gasteiger charge is -2.09. The van der Waals surface area contributed by atoms with E-state index in [4.69, 9.17) is 4.74 Å². The zero-order valence-electron chi connectivity index (χ0n) is 13.8. The number of nitrogens with one attached hydrogen (secondary N) is 2. The lowest BCUT2D eigenvalue weighted by molar-refractivity contribution is 0.0691. The van der Waals surface area contributed by atoms with Gasteiger partial charge >= 0.3 is 5.97 Å². The molecule has 0 aliphatic carbocycles. The van der Waals surface area contributed by atoms with Crippen LogP contribution in [0.1, 0.15) is 10.5 Å². The standard InChI is InChI=1S/C19H15N3O4/c1-26-12-5-2-10(3-6-12)20-18-17-14(9-16(22-18)19(24)25)13-7-4-11(23)8-15(13)21-17/h2-9,21,23H,1H3,(H,20,22)(H,24,25). The van der Waals surface area contributed by atoms with E-state index in [1.807, 2.05) is 12.1 Å². The number of aromatic nitrogens is 2. The Labute approximate surface area is 147 Å². The molecular weight excluding hydrogens is 334 g/mol. The van der Waals surface area contributed by atoms with Crippen molar-refractivity contribution in [3.05, 3.63) is 54.2 Å². The molecular formula is C19H15N3O4. The number of carboxylic acid groups (broad SMARTS) is 1. The van der Waals surface area contributed by atoms with Gasteiger partial charge in [-0.05, 0) is 42.5 Å². The van der Waals surface area contributed by atoms with Crippen LogP contribution in [-0.4, -0.2) is 33.3 Å². The lowest BCUT2D eigenvalue weighted by atomic mass is 10.1. The molecule has 2 heterocycles. The van der Waals surface area contributed by atoms with Gasteiger partial charge in [-0.15, -0.1) is 0 Å². The molecule has 2 aromatic heterocycles. The summed E-state index contributed by atoms with van der Waals surface area (Å²) in [5.74, 6) is 0.118. The van der Waals surface area contributed by atoms with E-state index in [0.717, 1.165) is 11.1 Å². The van der Waals surface area contributed by atoms with Crippen LogP contribution >= 0.6 is 0 Å². The van der Waals surface area contributed by atoms with Crippen LogP contribution in [0.5, 0.6) is 11.5 Å². The molecule has 7 heteroatoms. The number of hydrogen-bond acceptors (Lipinski definition) is 5. The summed E-state index contributed by atoms with van der Waals surface area (Å²) in [6.45, 7) is 0. The third-order valence-electron chi connectivity index (χ3n) is 4.14. The second-order valence-electron chi connectivity index (χ2n) is 5.79. The van der Waals surface area contributed by atoms with E-state index in [0.29, 0.717) is 28.0 Å². The van der Waals surface area contributed by atoms with Crippen LogP contribution in [0.4, 0.5) is 11.5 Å². The van der Waals surface area contributed by atoms with Crippen LogP contribution in [-0.2, 0) is 0 Å². The van der Waals surface area contributed by atoms with Crippen LogP contribution in [0.2, 0.25) is 0 Å². The Morgan fingerprint density at radius 1 is 1.12 bits per heavy atom. The van der Waals surface area contributed by atoms with Crippen molar-refractivity contribution in [3.8, 4) is 11.5 Å². The van der Waals surface area contributed by atoms with Gasteiger partial charge in [0, 0.05) is 22.5 Å². The van der Waals surface area contributed by atoms with Crippen molar-refractivity contribution in [2.24, 2.45) is 0 Å². The SMILES string of the molecule is COc1ccc(Nc2nc(C(=O)O)cc3c2[nH]c2cc(O)ccc23)cc1. The van der Waals surface area contributed by atoms with Crippen molar-refractivity contribution in [1.29, 1.82) is 0 Å². The zero-order valence-corrected chi connectivity index (χ0v) is 13.8. The van der Waals surface area contributed by atoms with Crippen molar-refractivity contribution < 1.29 is 19.7 Å². The van der Waals surface area contributed by atoms with E-state index in [1.165, 1.54) is 6.07 Å². The molecule has 0 fully saturated rings. The summed E-state index contributed by atoms with van der Waals surface area (Å²) in [6, 6.07) is 13.6. The third kappa shape index (κ3) is 2.65. The number of hydrogen-bond donors (Lipinski definition) is 4. The quantitative estimate of drug-likeness (QED) is 0.445. The first-order chi connectivity index (χ1) is 12.5. The highest BCUT2D eigenvalue weighted by molar-refractivity contribution is 6.12. The minimum Gasteiger partial charge on any atom is -0.508 e. The molecule has 4 aromatic rings. The molecule has 0 aliphatic heterocycles. The Morgan fingerprint density at radius 2 is 1.88 bits per heavy atom. The molecule has 0 saturated heterocycles. The predicted octanol–water partition coefficient (Wildman–Crippen LogP) is 3.87. The topological polar surface area (TPSA) is 107 Å². The molecule has 0 aliphatic rings. The number of carboxylic acids is 1. The van der Waals surface area contributed by atoms with Crippen LogP contribution < -0.4 is 10.1 Å². The number of ether oxygens (including phenoxy) is 1. The molecule has 130 valence electrons. The minimum atomic E-state index is -1.11. The van der Waals surface area contributed by atoms with Crippen molar-refractivity contribution in [2.45, 2.75) is 0 Å². The molecule has 2 aromatic carbocycles. The Bertz CT molecular complexity index is 1130. The van der Waals surface area contributed by atoms with Crippen LogP contribution in [0.3, 0.4) is 0 Å². The van der Waals surface area contributed by atoms with Gasteiger partial charge in [-0.25, -0.2) is 9.78 Å². The maximum Gasteiger partial charge on any atom is 0.354 e. The number of benzene rings is 2. The number of nitrogens with zero attached hydrogens (tertiary/aromatic N) is 1. The number of anilines is 2. The van der Waals surface area contributed by atoms with Gasteiger partial charge in [0.05, 0.1) is 18.1 Å². The van der Waals surface area contributed by atoms with Crippen molar-refractivity contribution in [3.63, 3.8) is 0 Å². The third-order valence-corrected chi connectivity index (χ3v) is 4.14. The Kier molecular flexibility index (Phi) is 3.62. The van der Waals surface area contributed by atoms with Gasteiger partial charge in [0.1, 0.15) is 11.5 Å². The molecule has 26 heavy (non-hydrogen) atoms. The van der Waals surface area contributed by atoms with Gasteiger partial charge in [-0.3, -0.25) is 0 Å². The van der Waals surface area contributed by atoms with Gasteiger partial charge in [0.15, 0.2) is 11.5 Å². The second-order valence-corrected chi connectivity index (χ2v) is 5.79. The smallest absolute Gasteiger partial charge is 0.354 e. The van der Waals surface area contributed by atoms with E-state index < -0.39 is 5.97 Å². The number of aromatic amines is 1. The zero-order chi connectivity index (χ0) is 18.3. The van der Waals surface area contributed by atoms with E-state index in [9.17, 15) is 15.0 Å². The summed E-state index contributed by atoms with van der Waals surface area (Å²) in [5.41, 5.74) is 2.03. The Morgan fingerprint density at radius 3 is 2.58 bits per heavy atom. The summed E-state index contributed by atoms with van der Waals surface area (Å²) >= 11 is 0. The highest BCUT2D eigenvalue weighted by Gasteiger charge is 2.15. The number of methoxy groups -OCH3 is 1. The van der Waals surface area contributed by atoms with Crippen molar-refractivity contribution in [2.75, 3.05) is 12.4 Å². The number of aromatic carboxylic acids is 1. The fraction of sp³-hybridized carbons (Fsp3) is 0.0526. The average molecular weight is 349 g/mol. The first kappa shape index (κ1) is 15.8. The molecule has 0 atom stereocenters. The number of aromatic hydroxyl groups is 1. The van der Waals surface area contributed by atoms with Crippen LogP contribution in [0.25, 0.3) is 21.8 Å². The molecule has 0 amide bonds. The monoisotopic (exact) mass is 349 g/mol. The highest BCUT2D eigenvalue weighted by atomic mass is 16.5. The molecule has 0 saturated carbocycles. The number of phenolic OH excluding ortho intramolecular Hbond substituents is 1.